The number of hydrogen-bond donors (Lipinski definition) is 1. The van der Waals surface area contributed by atoms with Crippen LogP contribution in [0.3, 0.4) is 0 Å². The molecular formula is C19H16N2O3S2. The molecule has 0 radical (unpaired) electrons. The summed E-state index contributed by atoms with van der Waals surface area (Å²) in [5.74, 6) is -0.743. The van der Waals surface area contributed by atoms with Gasteiger partial charge in [-0.3, -0.25) is 4.79 Å². The number of nitrogens with zero attached hydrogens (tertiary/aromatic N) is 1. The average molecular weight is 384 g/mol. The van der Waals surface area contributed by atoms with Crippen LogP contribution in [-0.4, -0.2) is 16.9 Å². The largest absolute Gasteiger partial charge is 0.455 e. The third kappa shape index (κ3) is 3.40. The lowest BCUT2D eigenvalue weighted by molar-refractivity contribution is 0.0474. The molecule has 0 aliphatic heterocycles. The molecule has 0 saturated carbocycles. The zero-order chi connectivity index (χ0) is 18.1. The fourth-order valence-corrected chi connectivity index (χ4v) is 4.88. The number of primary amides is 1. The number of fused-ring (bicyclic) bond motifs is 1. The molecule has 26 heavy (non-hydrogen) atoms. The van der Waals surface area contributed by atoms with Crippen molar-refractivity contribution in [2.75, 3.05) is 0 Å². The number of rotatable bonds is 5. The van der Waals surface area contributed by atoms with Gasteiger partial charge in [-0.2, -0.15) is 0 Å². The molecule has 0 fully saturated rings. The zero-order valence-corrected chi connectivity index (χ0v) is 15.5. The molecule has 1 aromatic carbocycles. The van der Waals surface area contributed by atoms with Gasteiger partial charge in [-0.05, 0) is 43.0 Å². The Bertz CT molecular complexity index is 952. The van der Waals surface area contributed by atoms with E-state index in [-0.39, 0.29) is 12.6 Å². The lowest BCUT2D eigenvalue weighted by atomic mass is 10.1. The Labute approximate surface area is 158 Å². The smallest absolute Gasteiger partial charge is 0.348 e. The molecule has 1 aliphatic carbocycles. The number of thiazole rings is 1. The molecule has 0 saturated heterocycles. The number of esters is 1. The van der Waals surface area contributed by atoms with Gasteiger partial charge in [0, 0.05) is 21.4 Å². The van der Waals surface area contributed by atoms with Crippen molar-refractivity contribution in [3.8, 4) is 10.6 Å². The number of carbonyl (C=O) groups excluding carboxylic acids is 2. The predicted octanol–water partition coefficient (Wildman–Crippen LogP) is 3.82. The molecule has 2 N–H and O–H groups in total. The topological polar surface area (TPSA) is 82.3 Å². The van der Waals surface area contributed by atoms with Gasteiger partial charge < -0.3 is 10.5 Å². The SMILES string of the molecule is NC(=O)c1ccc(-c2nc(COC(=O)c3cc4c(s3)CCC4)cs2)cc1. The first-order valence-corrected chi connectivity index (χ1v) is 9.93. The highest BCUT2D eigenvalue weighted by Gasteiger charge is 2.19. The van der Waals surface area contributed by atoms with Crippen LogP contribution in [0.25, 0.3) is 10.6 Å². The van der Waals surface area contributed by atoms with Crippen LogP contribution in [0.5, 0.6) is 0 Å². The number of amides is 1. The van der Waals surface area contributed by atoms with Gasteiger partial charge in [0.05, 0.1) is 5.69 Å². The number of thiophene rings is 1. The van der Waals surface area contributed by atoms with Crippen LogP contribution in [0.2, 0.25) is 0 Å². The lowest BCUT2D eigenvalue weighted by Crippen LogP contribution is -2.10. The molecule has 0 atom stereocenters. The maximum Gasteiger partial charge on any atom is 0.348 e. The molecule has 4 rings (SSSR count). The molecule has 132 valence electrons. The summed E-state index contributed by atoms with van der Waals surface area (Å²) in [5.41, 5.74) is 8.60. The summed E-state index contributed by atoms with van der Waals surface area (Å²) in [6, 6.07) is 8.93. The van der Waals surface area contributed by atoms with E-state index < -0.39 is 5.91 Å². The molecule has 2 heterocycles. The van der Waals surface area contributed by atoms with Crippen molar-refractivity contribution in [1.82, 2.24) is 4.98 Å². The van der Waals surface area contributed by atoms with E-state index >= 15 is 0 Å². The minimum Gasteiger partial charge on any atom is -0.455 e. The minimum absolute atomic E-state index is 0.150. The Kier molecular flexibility index (Phi) is 4.57. The average Bonchev–Trinajstić information content (AvgIpc) is 3.35. The van der Waals surface area contributed by atoms with Gasteiger partial charge in [-0.15, -0.1) is 22.7 Å². The summed E-state index contributed by atoms with van der Waals surface area (Å²) in [6.07, 6.45) is 3.30. The second kappa shape index (κ2) is 7.01. The number of nitrogens with two attached hydrogens (primary N) is 1. The Hall–Kier alpha value is -2.51. The van der Waals surface area contributed by atoms with E-state index in [2.05, 4.69) is 4.98 Å². The molecule has 1 amide bonds. The van der Waals surface area contributed by atoms with Crippen molar-refractivity contribution in [3.63, 3.8) is 0 Å². The van der Waals surface area contributed by atoms with Crippen LogP contribution in [0.1, 0.15) is 42.6 Å². The number of aromatic nitrogens is 1. The molecule has 0 unspecified atom stereocenters. The van der Waals surface area contributed by atoms with Gasteiger partial charge in [0.15, 0.2) is 0 Å². The Morgan fingerprint density at radius 1 is 1.19 bits per heavy atom. The third-order valence-corrected chi connectivity index (χ3v) is 6.42. The molecule has 0 spiro atoms. The van der Waals surface area contributed by atoms with Crippen LogP contribution < -0.4 is 5.73 Å². The molecule has 3 aromatic rings. The van der Waals surface area contributed by atoms with Gasteiger partial charge in [0.1, 0.15) is 16.5 Å². The highest BCUT2D eigenvalue weighted by molar-refractivity contribution is 7.14. The molecule has 1 aliphatic rings. The summed E-state index contributed by atoms with van der Waals surface area (Å²) in [7, 11) is 0. The Morgan fingerprint density at radius 2 is 2.00 bits per heavy atom. The van der Waals surface area contributed by atoms with Crippen molar-refractivity contribution in [3.05, 3.63) is 62.3 Å². The number of hydrogen-bond acceptors (Lipinski definition) is 6. The van der Waals surface area contributed by atoms with Crippen molar-refractivity contribution in [1.29, 1.82) is 0 Å². The molecule has 5 nitrogen and oxygen atoms in total. The number of carbonyl (C=O) groups is 2. The van der Waals surface area contributed by atoms with E-state index in [4.69, 9.17) is 10.5 Å². The normalized spacial score (nSPS) is 12.8. The summed E-state index contributed by atoms with van der Waals surface area (Å²) in [6.45, 7) is 0.150. The first kappa shape index (κ1) is 16.9. The standard InChI is InChI=1S/C19H16N2O3S2/c20-17(22)11-4-6-12(7-5-11)18-21-14(10-25-18)9-24-19(23)16-8-13-2-1-3-15(13)26-16/h4-8,10H,1-3,9H2,(H2,20,22). The number of benzene rings is 1. The molecule has 2 aromatic heterocycles. The van der Waals surface area contributed by atoms with Gasteiger partial charge in [0.25, 0.3) is 0 Å². The third-order valence-electron chi connectivity index (χ3n) is 4.27. The quantitative estimate of drug-likeness (QED) is 0.678. The van der Waals surface area contributed by atoms with Crippen molar-refractivity contribution in [2.45, 2.75) is 25.9 Å². The fraction of sp³-hybridized carbons (Fsp3) is 0.211. The van der Waals surface area contributed by atoms with E-state index in [9.17, 15) is 9.59 Å². The van der Waals surface area contributed by atoms with Crippen LogP contribution in [0, 0.1) is 0 Å². The van der Waals surface area contributed by atoms with E-state index in [1.165, 1.54) is 28.2 Å². The predicted molar refractivity (Wildman–Crippen MR) is 102 cm³/mol. The van der Waals surface area contributed by atoms with Crippen LogP contribution >= 0.6 is 22.7 Å². The van der Waals surface area contributed by atoms with Crippen molar-refractivity contribution >= 4 is 34.6 Å². The van der Waals surface area contributed by atoms with E-state index in [0.29, 0.717) is 16.1 Å². The van der Waals surface area contributed by atoms with Crippen LogP contribution in [0.15, 0.2) is 35.7 Å². The van der Waals surface area contributed by atoms with Gasteiger partial charge in [-0.1, -0.05) is 12.1 Å². The monoisotopic (exact) mass is 384 g/mol. The summed E-state index contributed by atoms with van der Waals surface area (Å²) >= 11 is 3.01. The van der Waals surface area contributed by atoms with E-state index in [1.54, 1.807) is 23.5 Å². The maximum atomic E-state index is 12.2. The minimum atomic E-state index is -0.456. The zero-order valence-electron chi connectivity index (χ0n) is 13.9. The molecule has 7 heteroatoms. The highest BCUT2D eigenvalue weighted by Crippen LogP contribution is 2.31. The van der Waals surface area contributed by atoms with Crippen molar-refractivity contribution in [2.24, 2.45) is 5.73 Å². The molecule has 0 bridgehead atoms. The summed E-state index contributed by atoms with van der Waals surface area (Å²) in [4.78, 5) is 29.8. The van der Waals surface area contributed by atoms with Crippen molar-refractivity contribution < 1.29 is 14.3 Å². The summed E-state index contributed by atoms with van der Waals surface area (Å²) < 4.78 is 5.41. The highest BCUT2D eigenvalue weighted by atomic mass is 32.1. The van der Waals surface area contributed by atoms with Crippen LogP contribution in [0.4, 0.5) is 0 Å². The van der Waals surface area contributed by atoms with Gasteiger partial charge >= 0.3 is 5.97 Å². The number of aryl methyl sites for hydroxylation is 2. The Balaban J connectivity index is 1.40. The van der Waals surface area contributed by atoms with Gasteiger partial charge in [0.2, 0.25) is 5.91 Å². The molecular weight excluding hydrogens is 368 g/mol. The van der Waals surface area contributed by atoms with Gasteiger partial charge in [-0.25, -0.2) is 9.78 Å². The van der Waals surface area contributed by atoms with Crippen LogP contribution in [-0.2, 0) is 24.2 Å². The first-order chi connectivity index (χ1) is 12.6. The maximum absolute atomic E-state index is 12.2. The van der Waals surface area contributed by atoms with E-state index in [0.717, 1.165) is 23.4 Å². The fourth-order valence-electron chi connectivity index (χ4n) is 2.92. The lowest BCUT2D eigenvalue weighted by Gasteiger charge is -2.01. The summed E-state index contributed by atoms with van der Waals surface area (Å²) in [5, 5.41) is 2.68. The first-order valence-electron chi connectivity index (χ1n) is 8.23. The number of ether oxygens (including phenoxy) is 1. The second-order valence-corrected chi connectivity index (χ2v) is 8.07. The Morgan fingerprint density at radius 3 is 2.73 bits per heavy atom. The van der Waals surface area contributed by atoms with E-state index in [1.807, 2.05) is 23.6 Å². The second-order valence-electron chi connectivity index (χ2n) is 6.07.